The van der Waals surface area contributed by atoms with Gasteiger partial charge in [0.25, 0.3) is 0 Å². The fourth-order valence-electron chi connectivity index (χ4n) is 2.20. The molecule has 0 radical (unpaired) electrons. The molecule has 0 saturated heterocycles. The van der Waals surface area contributed by atoms with Gasteiger partial charge in [0.15, 0.2) is 0 Å². The van der Waals surface area contributed by atoms with Crippen molar-refractivity contribution in [2.75, 3.05) is 11.9 Å². The number of anilines is 1. The predicted molar refractivity (Wildman–Crippen MR) is 70.6 cm³/mol. The van der Waals surface area contributed by atoms with Crippen LogP contribution in [-0.4, -0.2) is 16.5 Å². The molecule has 1 fully saturated rings. The fraction of sp³-hybridized carbons (Fsp3) is 0.500. The van der Waals surface area contributed by atoms with E-state index >= 15 is 0 Å². The molecule has 0 bridgehead atoms. The van der Waals surface area contributed by atoms with Crippen LogP contribution in [0.3, 0.4) is 0 Å². The minimum Gasteiger partial charge on any atom is -0.389 e. The van der Waals surface area contributed by atoms with Crippen molar-refractivity contribution in [3.63, 3.8) is 0 Å². The van der Waals surface area contributed by atoms with Crippen molar-refractivity contribution in [2.45, 2.75) is 25.7 Å². The van der Waals surface area contributed by atoms with Gasteiger partial charge in [-0.1, -0.05) is 25.1 Å². The van der Waals surface area contributed by atoms with E-state index in [9.17, 15) is 0 Å². The summed E-state index contributed by atoms with van der Waals surface area (Å²) >= 11 is 5.00. The van der Waals surface area contributed by atoms with E-state index in [1.807, 2.05) is 12.1 Å². The highest BCUT2D eigenvalue weighted by molar-refractivity contribution is 7.80. The van der Waals surface area contributed by atoms with Gasteiger partial charge in [-0.3, -0.25) is 0 Å². The summed E-state index contributed by atoms with van der Waals surface area (Å²) in [7, 11) is 0. The number of rotatable bonds is 4. The molecule has 0 aromatic carbocycles. The van der Waals surface area contributed by atoms with Crippen LogP contribution in [0, 0.1) is 5.92 Å². The number of nitrogens with one attached hydrogen (secondary N) is 1. The number of hydrogen-bond acceptors (Lipinski definition) is 3. The Morgan fingerprint density at radius 2 is 2.25 bits per heavy atom. The Kier molecular flexibility index (Phi) is 3.72. The maximum atomic E-state index is 5.65. The lowest BCUT2D eigenvalue weighted by atomic mass is 10.1. The van der Waals surface area contributed by atoms with Gasteiger partial charge in [-0.2, -0.15) is 0 Å². The van der Waals surface area contributed by atoms with Crippen molar-refractivity contribution in [1.82, 2.24) is 4.98 Å². The molecule has 1 aromatic heterocycles. The number of aromatic nitrogens is 1. The second-order valence-electron chi connectivity index (χ2n) is 4.30. The van der Waals surface area contributed by atoms with Crippen molar-refractivity contribution in [3.05, 3.63) is 23.9 Å². The molecule has 0 amide bonds. The summed E-state index contributed by atoms with van der Waals surface area (Å²) in [4.78, 5) is 4.69. The summed E-state index contributed by atoms with van der Waals surface area (Å²) in [5, 5.41) is 3.36. The van der Waals surface area contributed by atoms with Crippen LogP contribution in [0.25, 0.3) is 0 Å². The van der Waals surface area contributed by atoms with E-state index in [1.54, 1.807) is 6.20 Å². The highest BCUT2D eigenvalue weighted by Gasteiger charge is 2.15. The van der Waals surface area contributed by atoms with Crippen molar-refractivity contribution < 1.29 is 0 Å². The van der Waals surface area contributed by atoms with Gasteiger partial charge in [-0.05, 0) is 30.9 Å². The Morgan fingerprint density at radius 3 is 2.94 bits per heavy atom. The lowest BCUT2D eigenvalue weighted by Gasteiger charge is -2.13. The van der Waals surface area contributed by atoms with Crippen LogP contribution in [0.2, 0.25) is 0 Å². The Hall–Kier alpha value is -1.16. The van der Waals surface area contributed by atoms with Crippen molar-refractivity contribution in [2.24, 2.45) is 11.7 Å². The van der Waals surface area contributed by atoms with E-state index in [4.69, 9.17) is 18.0 Å². The average Bonchev–Trinajstić information content (AvgIpc) is 2.79. The zero-order chi connectivity index (χ0) is 11.4. The third kappa shape index (κ3) is 2.70. The topological polar surface area (TPSA) is 50.9 Å². The summed E-state index contributed by atoms with van der Waals surface area (Å²) < 4.78 is 0. The van der Waals surface area contributed by atoms with Crippen LogP contribution in [-0.2, 0) is 0 Å². The van der Waals surface area contributed by atoms with Crippen LogP contribution in [0.5, 0.6) is 0 Å². The number of hydrogen-bond donors (Lipinski definition) is 2. The van der Waals surface area contributed by atoms with E-state index in [2.05, 4.69) is 10.3 Å². The molecular formula is C12H17N3S. The Balaban J connectivity index is 2.00. The Labute approximate surface area is 101 Å². The molecule has 0 spiro atoms. The molecule has 1 aliphatic carbocycles. The second-order valence-corrected chi connectivity index (χ2v) is 4.74. The van der Waals surface area contributed by atoms with Gasteiger partial charge in [-0.15, -0.1) is 0 Å². The molecule has 1 aliphatic rings. The molecule has 2 rings (SSSR count). The molecule has 0 aliphatic heterocycles. The first kappa shape index (κ1) is 11.3. The highest BCUT2D eigenvalue weighted by atomic mass is 32.1. The molecule has 1 saturated carbocycles. The second kappa shape index (κ2) is 5.25. The molecule has 1 heterocycles. The summed E-state index contributed by atoms with van der Waals surface area (Å²) in [6.45, 7) is 0.979. The van der Waals surface area contributed by atoms with Crippen molar-refractivity contribution in [1.29, 1.82) is 0 Å². The molecular weight excluding hydrogens is 218 g/mol. The summed E-state index contributed by atoms with van der Waals surface area (Å²) in [5.41, 5.74) is 6.49. The first-order chi connectivity index (χ1) is 7.77. The van der Waals surface area contributed by atoms with E-state index in [0.717, 1.165) is 23.8 Å². The summed E-state index contributed by atoms with van der Waals surface area (Å²) in [6, 6.07) is 3.77. The molecule has 0 atom stereocenters. The van der Waals surface area contributed by atoms with Gasteiger partial charge in [0.2, 0.25) is 0 Å². The Bertz CT molecular complexity index is 372. The lowest BCUT2D eigenvalue weighted by molar-refractivity contribution is 0.579. The minimum absolute atomic E-state index is 0.405. The van der Waals surface area contributed by atoms with Gasteiger partial charge >= 0.3 is 0 Å². The molecule has 3 nitrogen and oxygen atoms in total. The Morgan fingerprint density at radius 1 is 1.50 bits per heavy atom. The molecule has 16 heavy (non-hydrogen) atoms. The van der Waals surface area contributed by atoms with Crippen molar-refractivity contribution in [3.8, 4) is 0 Å². The number of pyridine rings is 1. The standard InChI is InChI=1S/C12H17N3S/c13-11(16)10-6-3-7-14-12(10)15-8-9-4-1-2-5-9/h3,6-7,9H,1-2,4-5,8H2,(H2,13,16)(H,14,15). The predicted octanol–water partition coefficient (Wildman–Crippen LogP) is 2.32. The maximum absolute atomic E-state index is 5.65. The van der Waals surface area contributed by atoms with E-state index in [-0.39, 0.29) is 0 Å². The maximum Gasteiger partial charge on any atom is 0.136 e. The first-order valence-electron chi connectivity index (χ1n) is 5.76. The SMILES string of the molecule is NC(=S)c1cccnc1NCC1CCCC1. The molecule has 4 heteroatoms. The zero-order valence-corrected chi connectivity index (χ0v) is 10.1. The van der Waals surface area contributed by atoms with Crippen LogP contribution in [0.15, 0.2) is 18.3 Å². The third-order valence-electron chi connectivity index (χ3n) is 3.11. The molecule has 3 N–H and O–H groups in total. The monoisotopic (exact) mass is 235 g/mol. The minimum atomic E-state index is 0.405. The van der Waals surface area contributed by atoms with Gasteiger partial charge in [0.05, 0.1) is 5.56 Å². The quantitative estimate of drug-likeness (QED) is 0.786. The lowest BCUT2D eigenvalue weighted by Crippen LogP contribution is -2.17. The number of nitrogens with zero attached hydrogens (tertiary/aromatic N) is 1. The molecule has 0 unspecified atom stereocenters. The number of nitrogens with two attached hydrogens (primary N) is 1. The largest absolute Gasteiger partial charge is 0.389 e. The highest BCUT2D eigenvalue weighted by Crippen LogP contribution is 2.25. The van der Waals surface area contributed by atoms with Crippen LogP contribution >= 0.6 is 12.2 Å². The third-order valence-corrected chi connectivity index (χ3v) is 3.33. The van der Waals surface area contributed by atoms with Gasteiger partial charge in [-0.25, -0.2) is 4.98 Å². The summed E-state index contributed by atoms with van der Waals surface area (Å²) in [5.74, 6) is 1.60. The van der Waals surface area contributed by atoms with E-state index < -0.39 is 0 Å². The molecule has 86 valence electrons. The normalized spacial score (nSPS) is 16.2. The van der Waals surface area contributed by atoms with Crippen LogP contribution in [0.1, 0.15) is 31.2 Å². The van der Waals surface area contributed by atoms with Crippen molar-refractivity contribution >= 4 is 23.0 Å². The van der Waals surface area contributed by atoms with Crippen LogP contribution in [0.4, 0.5) is 5.82 Å². The van der Waals surface area contributed by atoms with E-state index in [1.165, 1.54) is 25.7 Å². The summed E-state index contributed by atoms with van der Waals surface area (Å²) in [6.07, 6.45) is 7.12. The molecule has 1 aromatic rings. The fourth-order valence-corrected chi connectivity index (χ4v) is 2.37. The average molecular weight is 235 g/mol. The van der Waals surface area contributed by atoms with E-state index in [0.29, 0.717) is 4.99 Å². The van der Waals surface area contributed by atoms with Gasteiger partial charge in [0, 0.05) is 12.7 Å². The van der Waals surface area contributed by atoms with Gasteiger partial charge in [0.1, 0.15) is 10.8 Å². The number of thiocarbonyl (C=S) groups is 1. The smallest absolute Gasteiger partial charge is 0.136 e. The van der Waals surface area contributed by atoms with Gasteiger partial charge < -0.3 is 11.1 Å². The zero-order valence-electron chi connectivity index (χ0n) is 9.28. The van der Waals surface area contributed by atoms with Crippen LogP contribution < -0.4 is 11.1 Å². The first-order valence-corrected chi connectivity index (χ1v) is 6.17.